The van der Waals surface area contributed by atoms with E-state index in [0.29, 0.717) is 61.9 Å². The molecular weight excluding hydrogens is 573 g/mol. The zero-order valence-corrected chi connectivity index (χ0v) is 25.9. The van der Waals surface area contributed by atoms with Gasteiger partial charge in [0.1, 0.15) is 23.9 Å². The van der Waals surface area contributed by atoms with Gasteiger partial charge < -0.3 is 34.5 Å². The summed E-state index contributed by atoms with van der Waals surface area (Å²) in [5.41, 5.74) is 0.134. The Morgan fingerprint density at radius 1 is 1.11 bits per heavy atom. The Kier molecular flexibility index (Phi) is 10.9. The van der Waals surface area contributed by atoms with Crippen molar-refractivity contribution in [3.8, 4) is 0 Å². The number of carboxylic acids is 1. The van der Waals surface area contributed by atoms with Crippen molar-refractivity contribution in [2.24, 2.45) is 11.8 Å². The number of hydrogen-bond acceptors (Lipinski definition) is 7. The van der Waals surface area contributed by atoms with Gasteiger partial charge in [-0.1, -0.05) is 13.3 Å². The van der Waals surface area contributed by atoms with Gasteiger partial charge in [0.2, 0.25) is 17.6 Å². The Morgan fingerprint density at radius 2 is 1.84 bits per heavy atom. The smallest absolute Gasteiger partial charge is 0.407 e. The van der Waals surface area contributed by atoms with E-state index in [0.717, 1.165) is 12.8 Å². The maximum absolute atomic E-state index is 13.9. The minimum absolute atomic E-state index is 0.126. The number of anilines is 1. The van der Waals surface area contributed by atoms with Gasteiger partial charge in [0.25, 0.3) is 0 Å². The first-order chi connectivity index (χ1) is 20.9. The van der Waals surface area contributed by atoms with Crippen LogP contribution in [0.25, 0.3) is 11.0 Å². The Hall–Kier alpha value is -3.67. The van der Waals surface area contributed by atoms with E-state index in [1.165, 1.54) is 6.07 Å². The van der Waals surface area contributed by atoms with E-state index < -0.39 is 42.5 Å². The summed E-state index contributed by atoms with van der Waals surface area (Å²) in [5.74, 6) is -2.35. The van der Waals surface area contributed by atoms with Crippen LogP contribution in [0.3, 0.4) is 0 Å². The van der Waals surface area contributed by atoms with Gasteiger partial charge in [-0.2, -0.15) is 0 Å². The molecule has 0 unspecified atom stereocenters. The third-order valence-corrected chi connectivity index (χ3v) is 8.28. The number of carboxylic acid groups (broad SMARTS) is 1. The first-order valence-corrected chi connectivity index (χ1v) is 15.5. The number of rotatable bonds is 11. The van der Waals surface area contributed by atoms with Crippen molar-refractivity contribution in [1.29, 1.82) is 0 Å². The number of unbranched alkanes of at least 4 members (excludes halogenated alkanes) is 1. The molecule has 1 aromatic heterocycles. The lowest BCUT2D eigenvalue weighted by Crippen LogP contribution is -2.51. The van der Waals surface area contributed by atoms with E-state index in [-0.39, 0.29) is 29.4 Å². The second-order valence-electron chi connectivity index (χ2n) is 12.7. The minimum atomic E-state index is -1.19. The highest BCUT2D eigenvalue weighted by Crippen LogP contribution is 2.35. The summed E-state index contributed by atoms with van der Waals surface area (Å²) in [7, 11) is 0. The number of aromatic carboxylic acids is 1. The fraction of sp³-hybridized carbons (Fsp3) is 0.625. The molecule has 242 valence electrons. The van der Waals surface area contributed by atoms with Crippen LogP contribution in [-0.2, 0) is 19.1 Å². The molecule has 0 bridgehead atoms. The van der Waals surface area contributed by atoms with Crippen LogP contribution in [0.4, 0.5) is 14.9 Å². The third kappa shape index (κ3) is 8.28. The quantitative estimate of drug-likeness (QED) is 0.279. The Morgan fingerprint density at radius 3 is 2.48 bits per heavy atom. The number of nitrogens with zero attached hydrogens (tertiary/aromatic N) is 1. The second-order valence-corrected chi connectivity index (χ2v) is 12.7. The van der Waals surface area contributed by atoms with Gasteiger partial charge in [0.15, 0.2) is 0 Å². The van der Waals surface area contributed by atoms with Gasteiger partial charge in [0, 0.05) is 30.1 Å². The van der Waals surface area contributed by atoms with Crippen molar-refractivity contribution in [2.75, 3.05) is 25.1 Å². The summed E-state index contributed by atoms with van der Waals surface area (Å²) in [6.07, 6.45) is 3.32. The first kappa shape index (κ1) is 33.2. The molecule has 1 aromatic carbocycles. The largest absolute Gasteiger partial charge is 0.475 e. The molecule has 4 rings (SSSR count). The van der Waals surface area contributed by atoms with Crippen molar-refractivity contribution in [3.05, 3.63) is 30.0 Å². The molecule has 0 spiro atoms. The highest BCUT2D eigenvalue weighted by atomic mass is 19.1. The molecule has 11 nitrogen and oxygen atoms in total. The molecule has 2 fully saturated rings. The van der Waals surface area contributed by atoms with Gasteiger partial charge in [-0.3, -0.25) is 9.59 Å². The Balaban J connectivity index is 1.42. The van der Waals surface area contributed by atoms with Crippen molar-refractivity contribution >= 4 is 40.5 Å². The summed E-state index contributed by atoms with van der Waals surface area (Å²) >= 11 is 0. The number of ether oxygens (including phenoxy) is 2. The molecule has 12 heteroatoms. The molecule has 2 aromatic rings. The van der Waals surface area contributed by atoms with Crippen LogP contribution in [0, 0.1) is 11.8 Å². The standard InChI is InChI=1S/C32H44FN3O8/c1-5-6-15-42-25-13-14-36(27(25)28(37)34-22-11-12-24-21(16-22)17-26(43-24)30(39)40)29(38)20-9-7-19(8-10-20)23(18-33)35-31(41)44-32(2,3)4/h11-12,16-17,19-20,23,25,27H,5-10,13-15,18H2,1-4H3,(H,34,37)(H,35,41)(H,39,40)/t19-,20-,23-,25-,27+/m1/s1. The van der Waals surface area contributed by atoms with E-state index in [1.54, 1.807) is 43.9 Å². The molecule has 0 radical (unpaired) electrons. The first-order valence-electron chi connectivity index (χ1n) is 15.5. The number of alkyl carbamates (subject to hydrolysis) is 1. The van der Waals surface area contributed by atoms with Crippen LogP contribution in [0.15, 0.2) is 28.7 Å². The average Bonchev–Trinajstić information content (AvgIpc) is 3.59. The van der Waals surface area contributed by atoms with Crippen molar-refractivity contribution in [1.82, 2.24) is 10.2 Å². The predicted octanol–water partition coefficient (Wildman–Crippen LogP) is 5.52. The monoisotopic (exact) mass is 617 g/mol. The van der Waals surface area contributed by atoms with E-state index in [4.69, 9.17) is 13.9 Å². The van der Waals surface area contributed by atoms with Gasteiger partial charge in [-0.25, -0.2) is 14.0 Å². The number of carbonyl (C=O) groups is 4. The van der Waals surface area contributed by atoms with Crippen molar-refractivity contribution in [3.63, 3.8) is 0 Å². The van der Waals surface area contributed by atoms with E-state index in [1.807, 2.05) is 6.92 Å². The van der Waals surface area contributed by atoms with Crippen molar-refractivity contribution < 1.29 is 42.6 Å². The van der Waals surface area contributed by atoms with E-state index >= 15 is 0 Å². The number of amides is 3. The number of alkyl halides is 1. The van der Waals surface area contributed by atoms with Crippen LogP contribution >= 0.6 is 0 Å². The minimum Gasteiger partial charge on any atom is -0.475 e. The topological polar surface area (TPSA) is 147 Å². The molecule has 44 heavy (non-hydrogen) atoms. The molecule has 3 amide bonds. The summed E-state index contributed by atoms with van der Waals surface area (Å²) in [6.45, 7) is 7.41. The van der Waals surface area contributed by atoms with Crippen LogP contribution in [0.2, 0.25) is 0 Å². The molecule has 1 saturated heterocycles. The molecule has 1 aliphatic heterocycles. The van der Waals surface area contributed by atoms with Gasteiger partial charge in [-0.05, 0) is 89.5 Å². The number of fused-ring (bicyclic) bond motifs is 1. The fourth-order valence-corrected chi connectivity index (χ4v) is 6.06. The average molecular weight is 618 g/mol. The molecule has 2 heterocycles. The number of hydrogen-bond donors (Lipinski definition) is 3. The molecule has 3 atom stereocenters. The number of nitrogens with one attached hydrogen (secondary N) is 2. The van der Waals surface area contributed by atoms with Crippen molar-refractivity contribution in [2.45, 2.75) is 96.4 Å². The lowest BCUT2D eigenvalue weighted by Gasteiger charge is -2.35. The second kappa shape index (κ2) is 14.4. The normalized spacial score (nSPS) is 22.9. The molecule has 1 aliphatic carbocycles. The lowest BCUT2D eigenvalue weighted by atomic mass is 9.78. The zero-order valence-electron chi connectivity index (χ0n) is 25.9. The van der Waals surface area contributed by atoms with Gasteiger partial charge in [-0.15, -0.1) is 0 Å². The van der Waals surface area contributed by atoms with E-state index in [2.05, 4.69) is 10.6 Å². The maximum Gasteiger partial charge on any atom is 0.407 e. The number of benzene rings is 1. The molecule has 3 N–H and O–H groups in total. The number of halogens is 1. The van der Waals surface area contributed by atoms with Crippen LogP contribution in [0.1, 0.15) is 83.2 Å². The predicted molar refractivity (Wildman–Crippen MR) is 161 cm³/mol. The highest BCUT2D eigenvalue weighted by molar-refractivity contribution is 6.00. The summed E-state index contributed by atoms with van der Waals surface area (Å²) < 4.78 is 30.6. The molecular formula is C32H44FN3O8. The summed E-state index contributed by atoms with van der Waals surface area (Å²) in [5, 5.41) is 15.3. The maximum atomic E-state index is 13.9. The number of furan rings is 1. The molecule has 1 saturated carbocycles. The zero-order chi connectivity index (χ0) is 32.0. The van der Waals surface area contributed by atoms with E-state index in [9.17, 15) is 28.7 Å². The van der Waals surface area contributed by atoms with Crippen LogP contribution < -0.4 is 10.6 Å². The summed E-state index contributed by atoms with van der Waals surface area (Å²) in [4.78, 5) is 52.6. The Labute approximate surface area is 256 Å². The van der Waals surface area contributed by atoms with Gasteiger partial charge >= 0.3 is 12.1 Å². The Bertz CT molecular complexity index is 1330. The fourth-order valence-electron chi connectivity index (χ4n) is 6.06. The lowest BCUT2D eigenvalue weighted by molar-refractivity contribution is -0.143. The van der Waals surface area contributed by atoms with Crippen LogP contribution in [-0.4, -0.2) is 77.5 Å². The highest BCUT2D eigenvalue weighted by Gasteiger charge is 2.45. The van der Waals surface area contributed by atoms with Gasteiger partial charge in [0.05, 0.1) is 12.1 Å². The number of carbonyl (C=O) groups excluding carboxylic acids is 3. The van der Waals surface area contributed by atoms with Crippen LogP contribution in [0.5, 0.6) is 0 Å². The SMILES string of the molecule is CCCCO[C@@H]1CCN(C(=O)[C@H]2CC[C@H]([C@@H](CF)NC(=O)OC(C)(C)C)CC2)[C@@H]1C(=O)Nc1ccc2oc(C(=O)O)cc2c1. The third-order valence-electron chi connectivity index (χ3n) is 8.28. The summed E-state index contributed by atoms with van der Waals surface area (Å²) in [6, 6.07) is 4.70. The molecule has 2 aliphatic rings. The number of likely N-dealkylation sites (tertiary alicyclic amines) is 1.